The van der Waals surface area contributed by atoms with Gasteiger partial charge in [0.1, 0.15) is 0 Å². The Bertz CT molecular complexity index is 924. The molecule has 1 N–H and O–H groups in total. The number of benzene rings is 1. The number of pyridine rings is 1. The summed E-state index contributed by atoms with van der Waals surface area (Å²) >= 11 is 0. The molecular formula is C19H23N5O2. The van der Waals surface area contributed by atoms with Crippen LogP contribution in [0.25, 0.3) is 22.2 Å². The van der Waals surface area contributed by atoms with Crippen molar-refractivity contribution in [3.63, 3.8) is 0 Å². The van der Waals surface area contributed by atoms with Gasteiger partial charge in [-0.15, -0.1) is 0 Å². The van der Waals surface area contributed by atoms with Gasteiger partial charge in [0, 0.05) is 24.9 Å². The van der Waals surface area contributed by atoms with Gasteiger partial charge < -0.3 is 15.4 Å². The Balaban J connectivity index is 1.82. The van der Waals surface area contributed by atoms with Crippen molar-refractivity contribution in [2.75, 3.05) is 26.2 Å². The van der Waals surface area contributed by atoms with E-state index in [2.05, 4.69) is 34.0 Å². The van der Waals surface area contributed by atoms with E-state index in [1.165, 1.54) is 0 Å². The molecule has 0 unspecified atom stereocenters. The summed E-state index contributed by atoms with van der Waals surface area (Å²) in [5, 5.41) is 15.5. The van der Waals surface area contributed by atoms with Crippen LogP contribution in [-0.4, -0.2) is 47.0 Å². The van der Waals surface area contributed by atoms with E-state index in [9.17, 15) is 10.0 Å². The molecule has 0 aliphatic heterocycles. The molecule has 0 saturated carbocycles. The molecule has 1 amide bonds. The van der Waals surface area contributed by atoms with E-state index in [0.29, 0.717) is 34.3 Å². The molecule has 1 aromatic carbocycles. The standard InChI is InChI=1S/C19H23N5O2/c1-3-23(4-2)13-7-12-21-19(25)14-8-5-9-15-17(14)22-18-16(24(15)26)10-6-11-20-18/h5-6,8-11H,3-4,7,12-13H2,1-2H3,(H,21,25). The van der Waals surface area contributed by atoms with Crippen LogP contribution < -0.4 is 10.0 Å². The van der Waals surface area contributed by atoms with Crippen molar-refractivity contribution < 1.29 is 9.52 Å². The molecule has 3 aromatic rings. The summed E-state index contributed by atoms with van der Waals surface area (Å²) in [6.45, 7) is 7.77. The van der Waals surface area contributed by atoms with E-state index in [1.807, 2.05) is 0 Å². The van der Waals surface area contributed by atoms with Gasteiger partial charge in [0.2, 0.25) is 11.2 Å². The lowest BCUT2D eigenvalue weighted by Gasteiger charge is -2.17. The molecule has 0 fully saturated rings. The number of rotatable bonds is 7. The number of para-hydroxylation sites is 1. The predicted molar refractivity (Wildman–Crippen MR) is 101 cm³/mol. The highest BCUT2D eigenvalue weighted by Crippen LogP contribution is 2.16. The average molecular weight is 353 g/mol. The van der Waals surface area contributed by atoms with Crippen LogP contribution in [0.4, 0.5) is 0 Å². The number of hydrogen-bond donors (Lipinski definition) is 1. The summed E-state index contributed by atoms with van der Waals surface area (Å²) in [6, 6.07) is 8.41. The molecule has 2 heterocycles. The van der Waals surface area contributed by atoms with Crippen molar-refractivity contribution in [3.8, 4) is 0 Å². The van der Waals surface area contributed by atoms with Crippen LogP contribution in [0.1, 0.15) is 30.6 Å². The highest BCUT2D eigenvalue weighted by atomic mass is 16.5. The maximum Gasteiger partial charge on any atom is 0.262 e. The van der Waals surface area contributed by atoms with Crippen LogP contribution in [-0.2, 0) is 0 Å². The van der Waals surface area contributed by atoms with Gasteiger partial charge in [-0.25, -0.2) is 9.97 Å². The van der Waals surface area contributed by atoms with Crippen molar-refractivity contribution in [1.29, 1.82) is 0 Å². The first-order valence-electron chi connectivity index (χ1n) is 8.93. The number of amides is 1. The van der Waals surface area contributed by atoms with E-state index >= 15 is 0 Å². The summed E-state index contributed by atoms with van der Waals surface area (Å²) in [7, 11) is 0. The van der Waals surface area contributed by atoms with Crippen molar-refractivity contribution in [2.24, 2.45) is 0 Å². The van der Waals surface area contributed by atoms with E-state index in [4.69, 9.17) is 0 Å². The number of fused-ring (bicyclic) bond motifs is 2. The molecule has 7 heteroatoms. The number of nitrogens with zero attached hydrogens (tertiary/aromatic N) is 4. The molecule has 0 atom stereocenters. The minimum Gasteiger partial charge on any atom is -0.618 e. The van der Waals surface area contributed by atoms with Gasteiger partial charge in [-0.3, -0.25) is 4.79 Å². The van der Waals surface area contributed by atoms with Crippen LogP contribution in [0.3, 0.4) is 0 Å². The first-order valence-corrected chi connectivity index (χ1v) is 8.93. The fourth-order valence-electron chi connectivity index (χ4n) is 3.00. The molecule has 136 valence electrons. The second-order valence-electron chi connectivity index (χ2n) is 6.06. The SMILES string of the molecule is CCN(CC)CCCNC(=O)c1cccc2c1nc1ncccc1[n+]2[O-]. The van der Waals surface area contributed by atoms with Crippen molar-refractivity contribution >= 4 is 28.1 Å². The highest BCUT2D eigenvalue weighted by molar-refractivity contribution is 6.04. The minimum atomic E-state index is -0.224. The number of nitrogens with one attached hydrogen (secondary N) is 1. The van der Waals surface area contributed by atoms with Gasteiger partial charge in [0.05, 0.1) is 5.56 Å². The van der Waals surface area contributed by atoms with E-state index in [1.54, 1.807) is 36.5 Å². The third-order valence-corrected chi connectivity index (χ3v) is 4.51. The molecule has 26 heavy (non-hydrogen) atoms. The highest BCUT2D eigenvalue weighted by Gasteiger charge is 2.18. The zero-order valence-corrected chi connectivity index (χ0v) is 15.1. The predicted octanol–water partition coefficient (Wildman–Crippen LogP) is 1.88. The lowest BCUT2D eigenvalue weighted by atomic mass is 10.1. The smallest absolute Gasteiger partial charge is 0.262 e. The number of aromatic nitrogens is 3. The van der Waals surface area contributed by atoms with Crippen LogP contribution in [0.2, 0.25) is 0 Å². The van der Waals surface area contributed by atoms with Gasteiger partial charge in [-0.05, 0) is 38.2 Å². The number of hydrogen-bond acceptors (Lipinski definition) is 5. The maximum atomic E-state index is 12.6. The molecular weight excluding hydrogens is 330 g/mol. The Morgan fingerprint density at radius 3 is 2.73 bits per heavy atom. The number of carbonyl (C=O) groups excluding carboxylic acids is 1. The van der Waals surface area contributed by atoms with Gasteiger partial charge in [-0.2, -0.15) is 4.73 Å². The lowest BCUT2D eigenvalue weighted by molar-refractivity contribution is -0.548. The van der Waals surface area contributed by atoms with Crippen LogP contribution in [0, 0.1) is 5.21 Å². The fourth-order valence-corrected chi connectivity index (χ4v) is 3.00. The quantitative estimate of drug-likeness (QED) is 0.303. The average Bonchev–Trinajstić information content (AvgIpc) is 2.68. The Morgan fingerprint density at radius 2 is 1.96 bits per heavy atom. The van der Waals surface area contributed by atoms with Gasteiger partial charge in [0.25, 0.3) is 11.4 Å². The van der Waals surface area contributed by atoms with Gasteiger partial charge >= 0.3 is 0 Å². The summed E-state index contributed by atoms with van der Waals surface area (Å²) in [5.41, 5.74) is 1.84. The van der Waals surface area contributed by atoms with Crippen molar-refractivity contribution in [1.82, 2.24) is 20.2 Å². The largest absolute Gasteiger partial charge is 0.618 e. The van der Waals surface area contributed by atoms with E-state index in [-0.39, 0.29) is 5.91 Å². The van der Waals surface area contributed by atoms with Crippen molar-refractivity contribution in [3.05, 3.63) is 47.3 Å². The summed E-state index contributed by atoms with van der Waals surface area (Å²) in [4.78, 5) is 23.5. The normalized spacial score (nSPS) is 11.3. The molecule has 0 aliphatic rings. The first kappa shape index (κ1) is 18.0. The van der Waals surface area contributed by atoms with Crippen LogP contribution in [0.15, 0.2) is 36.5 Å². The van der Waals surface area contributed by atoms with Gasteiger partial charge in [-0.1, -0.05) is 19.9 Å². The maximum absolute atomic E-state index is 12.6. The van der Waals surface area contributed by atoms with E-state index in [0.717, 1.165) is 30.8 Å². The molecule has 3 rings (SSSR count). The Morgan fingerprint density at radius 1 is 1.19 bits per heavy atom. The molecule has 0 saturated heterocycles. The minimum absolute atomic E-state index is 0.224. The zero-order valence-electron chi connectivity index (χ0n) is 15.1. The molecule has 0 bridgehead atoms. The fraction of sp³-hybridized carbons (Fsp3) is 0.368. The summed E-state index contributed by atoms with van der Waals surface area (Å²) in [5.74, 6) is -0.224. The molecule has 7 nitrogen and oxygen atoms in total. The topological polar surface area (TPSA) is 85.1 Å². The first-order chi connectivity index (χ1) is 12.7. The lowest BCUT2D eigenvalue weighted by Crippen LogP contribution is -2.32. The molecule has 0 aliphatic carbocycles. The third-order valence-electron chi connectivity index (χ3n) is 4.51. The van der Waals surface area contributed by atoms with E-state index < -0.39 is 0 Å². The van der Waals surface area contributed by atoms with Crippen LogP contribution in [0.5, 0.6) is 0 Å². The molecule has 2 aromatic heterocycles. The Hall–Kier alpha value is -2.80. The number of carbonyl (C=O) groups is 1. The van der Waals surface area contributed by atoms with Crippen molar-refractivity contribution in [2.45, 2.75) is 20.3 Å². The second-order valence-corrected chi connectivity index (χ2v) is 6.06. The molecule has 0 radical (unpaired) electrons. The monoisotopic (exact) mass is 353 g/mol. The Labute approximate surface area is 152 Å². The Kier molecular flexibility index (Phi) is 5.58. The molecule has 0 spiro atoms. The third kappa shape index (κ3) is 3.57. The summed E-state index contributed by atoms with van der Waals surface area (Å²) < 4.78 is 0.780. The summed E-state index contributed by atoms with van der Waals surface area (Å²) in [6.07, 6.45) is 2.45. The van der Waals surface area contributed by atoms with Crippen LogP contribution >= 0.6 is 0 Å². The zero-order chi connectivity index (χ0) is 18.5. The van der Waals surface area contributed by atoms with Gasteiger partial charge in [0.15, 0.2) is 5.52 Å². The second kappa shape index (κ2) is 8.05.